The van der Waals surface area contributed by atoms with Crippen LogP contribution in [0.15, 0.2) is 48.8 Å². The van der Waals surface area contributed by atoms with Crippen molar-refractivity contribution in [1.29, 1.82) is 0 Å². The molecule has 0 radical (unpaired) electrons. The van der Waals surface area contributed by atoms with Crippen molar-refractivity contribution in [3.05, 3.63) is 65.5 Å². The van der Waals surface area contributed by atoms with Crippen LogP contribution in [0.25, 0.3) is 11.0 Å². The molecule has 3 rings (SSSR count). The average Bonchev–Trinajstić information content (AvgIpc) is 2.84. The number of benzene rings is 1. The van der Waals surface area contributed by atoms with E-state index in [4.69, 9.17) is 4.74 Å². The topological polar surface area (TPSA) is 37.9 Å². The van der Waals surface area contributed by atoms with Crippen molar-refractivity contribution in [1.82, 2.24) is 9.97 Å². The molecule has 0 fully saturated rings. The standard InChI is InChI=1S/C16H16N2O/c1-11-5-3-6-12(9-11)15(19-2)14-10-18-16-13(14)7-4-8-17-16/h3-10,15H,1-2H3,(H,17,18). The highest BCUT2D eigenvalue weighted by molar-refractivity contribution is 5.80. The van der Waals surface area contributed by atoms with Crippen molar-refractivity contribution in [3.8, 4) is 0 Å². The molecule has 2 heterocycles. The summed E-state index contributed by atoms with van der Waals surface area (Å²) in [6, 6.07) is 12.4. The van der Waals surface area contributed by atoms with Crippen LogP contribution in [0.5, 0.6) is 0 Å². The van der Waals surface area contributed by atoms with E-state index < -0.39 is 0 Å². The molecule has 1 unspecified atom stereocenters. The van der Waals surface area contributed by atoms with Gasteiger partial charge in [-0.05, 0) is 24.6 Å². The summed E-state index contributed by atoms with van der Waals surface area (Å²) in [4.78, 5) is 7.51. The van der Waals surface area contributed by atoms with Crippen LogP contribution in [0.1, 0.15) is 22.8 Å². The molecule has 1 N–H and O–H groups in total. The zero-order chi connectivity index (χ0) is 13.2. The molecule has 0 aliphatic rings. The molecule has 0 aliphatic carbocycles. The number of aromatic nitrogens is 2. The smallest absolute Gasteiger partial charge is 0.137 e. The van der Waals surface area contributed by atoms with Crippen LogP contribution in [0, 0.1) is 6.92 Å². The molecule has 19 heavy (non-hydrogen) atoms. The van der Waals surface area contributed by atoms with Gasteiger partial charge >= 0.3 is 0 Å². The van der Waals surface area contributed by atoms with Crippen molar-refractivity contribution in [2.45, 2.75) is 13.0 Å². The predicted molar refractivity (Wildman–Crippen MR) is 76.1 cm³/mol. The van der Waals surface area contributed by atoms with Crippen LogP contribution in [0.3, 0.4) is 0 Å². The Bertz CT molecular complexity index is 703. The van der Waals surface area contributed by atoms with E-state index in [2.05, 4.69) is 47.2 Å². The minimum atomic E-state index is -0.0714. The zero-order valence-corrected chi connectivity index (χ0v) is 11.1. The van der Waals surface area contributed by atoms with E-state index in [-0.39, 0.29) is 6.10 Å². The lowest BCUT2D eigenvalue weighted by Gasteiger charge is -2.15. The minimum Gasteiger partial charge on any atom is -0.372 e. The number of fused-ring (bicyclic) bond motifs is 1. The highest BCUT2D eigenvalue weighted by Crippen LogP contribution is 2.30. The number of nitrogens with zero attached hydrogens (tertiary/aromatic N) is 1. The Labute approximate surface area is 112 Å². The molecule has 3 nitrogen and oxygen atoms in total. The first kappa shape index (κ1) is 11.9. The minimum absolute atomic E-state index is 0.0714. The largest absolute Gasteiger partial charge is 0.372 e. The van der Waals surface area contributed by atoms with Crippen molar-refractivity contribution < 1.29 is 4.74 Å². The fraction of sp³-hybridized carbons (Fsp3) is 0.188. The number of methoxy groups -OCH3 is 1. The zero-order valence-electron chi connectivity index (χ0n) is 11.1. The maximum Gasteiger partial charge on any atom is 0.137 e. The molecule has 0 saturated carbocycles. The van der Waals surface area contributed by atoms with Crippen LogP contribution in [0.4, 0.5) is 0 Å². The second-order valence-corrected chi connectivity index (χ2v) is 4.67. The Morgan fingerprint density at radius 3 is 2.89 bits per heavy atom. The van der Waals surface area contributed by atoms with E-state index in [0.29, 0.717) is 0 Å². The second-order valence-electron chi connectivity index (χ2n) is 4.67. The fourth-order valence-electron chi connectivity index (χ4n) is 2.47. The summed E-state index contributed by atoms with van der Waals surface area (Å²) < 4.78 is 5.70. The number of aromatic amines is 1. The van der Waals surface area contributed by atoms with Gasteiger partial charge in [-0.1, -0.05) is 29.8 Å². The monoisotopic (exact) mass is 252 g/mol. The van der Waals surface area contributed by atoms with Gasteiger partial charge in [-0.2, -0.15) is 0 Å². The first-order valence-electron chi connectivity index (χ1n) is 6.31. The third kappa shape index (κ3) is 2.13. The third-order valence-electron chi connectivity index (χ3n) is 3.35. The van der Waals surface area contributed by atoms with Gasteiger partial charge in [0, 0.05) is 30.5 Å². The number of hydrogen-bond acceptors (Lipinski definition) is 2. The molecular formula is C16H16N2O. The predicted octanol–water partition coefficient (Wildman–Crippen LogP) is 3.61. The van der Waals surface area contributed by atoms with Gasteiger partial charge < -0.3 is 9.72 Å². The first-order valence-corrected chi connectivity index (χ1v) is 6.31. The summed E-state index contributed by atoms with van der Waals surface area (Å²) >= 11 is 0. The molecule has 0 spiro atoms. The van der Waals surface area contributed by atoms with Gasteiger partial charge in [0.1, 0.15) is 11.8 Å². The highest BCUT2D eigenvalue weighted by atomic mass is 16.5. The van der Waals surface area contributed by atoms with Gasteiger partial charge in [-0.3, -0.25) is 0 Å². The van der Waals surface area contributed by atoms with E-state index in [1.54, 1.807) is 13.3 Å². The van der Waals surface area contributed by atoms with E-state index in [1.165, 1.54) is 5.56 Å². The normalized spacial score (nSPS) is 12.7. The van der Waals surface area contributed by atoms with Crippen molar-refractivity contribution >= 4 is 11.0 Å². The van der Waals surface area contributed by atoms with Crippen LogP contribution >= 0.6 is 0 Å². The van der Waals surface area contributed by atoms with Crippen molar-refractivity contribution in [2.24, 2.45) is 0 Å². The number of ether oxygens (including phenoxy) is 1. The number of nitrogens with one attached hydrogen (secondary N) is 1. The van der Waals surface area contributed by atoms with Crippen molar-refractivity contribution in [2.75, 3.05) is 7.11 Å². The summed E-state index contributed by atoms with van der Waals surface area (Å²) in [6.45, 7) is 2.09. The van der Waals surface area contributed by atoms with Crippen LogP contribution < -0.4 is 0 Å². The Kier molecular flexibility index (Phi) is 3.05. The van der Waals surface area contributed by atoms with Crippen LogP contribution in [-0.2, 0) is 4.74 Å². The molecule has 0 saturated heterocycles. The maximum absolute atomic E-state index is 5.70. The van der Waals surface area contributed by atoms with Gasteiger partial charge in [-0.15, -0.1) is 0 Å². The van der Waals surface area contributed by atoms with E-state index >= 15 is 0 Å². The molecule has 3 aromatic rings. The van der Waals surface area contributed by atoms with Crippen LogP contribution in [0.2, 0.25) is 0 Å². The van der Waals surface area contributed by atoms with Gasteiger partial charge in [0.15, 0.2) is 0 Å². The Morgan fingerprint density at radius 1 is 1.21 bits per heavy atom. The molecule has 0 aliphatic heterocycles. The summed E-state index contributed by atoms with van der Waals surface area (Å²) in [5, 5.41) is 1.11. The lowest BCUT2D eigenvalue weighted by atomic mass is 10.00. The fourth-order valence-corrected chi connectivity index (χ4v) is 2.47. The molecule has 0 bridgehead atoms. The molecule has 3 heteroatoms. The Balaban J connectivity index is 2.12. The first-order chi connectivity index (χ1) is 9.29. The SMILES string of the molecule is COC(c1cccc(C)c1)c1c[nH]c2ncccc12. The van der Waals surface area contributed by atoms with E-state index in [0.717, 1.165) is 22.2 Å². The quantitative estimate of drug-likeness (QED) is 0.773. The lowest BCUT2D eigenvalue weighted by molar-refractivity contribution is 0.137. The maximum atomic E-state index is 5.70. The lowest BCUT2D eigenvalue weighted by Crippen LogP contribution is -2.03. The summed E-state index contributed by atoms with van der Waals surface area (Å²) in [5.74, 6) is 0. The third-order valence-corrected chi connectivity index (χ3v) is 3.35. The molecule has 0 amide bonds. The number of H-pyrrole nitrogens is 1. The van der Waals surface area contributed by atoms with Gasteiger partial charge in [0.2, 0.25) is 0 Å². The molecule has 1 atom stereocenters. The molecule has 2 aromatic heterocycles. The van der Waals surface area contributed by atoms with E-state index in [9.17, 15) is 0 Å². The summed E-state index contributed by atoms with van der Waals surface area (Å²) in [7, 11) is 1.74. The Morgan fingerprint density at radius 2 is 2.11 bits per heavy atom. The van der Waals surface area contributed by atoms with Gasteiger partial charge in [-0.25, -0.2) is 4.98 Å². The van der Waals surface area contributed by atoms with Crippen LogP contribution in [-0.4, -0.2) is 17.1 Å². The number of pyridine rings is 1. The Hall–Kier alpha value is -2.13. The van der Waals surface area contributed by atoms with Gasteiger partial charge in [0.05, 0.1) is 0 Å². The van der Waals surface area contributed by atoms with Crippen molar-refractivity contribution in [3.63, 3.8) is 0 Å². The van der Waals surface area contributed by atoms with Gasteiger partial charge in [0.25, 0.3) is 0 Å². The molecular weight excluding hydrogens is 236 g/mol. The summed E-state index contributed by atoms with van der Waals surface area (Å²) in [6.07, 6.45) is 3.70. The number of aryl methyl sites for hydroxylation is 1. The number of rotatable bonds is 3. The average molecular weight is 252 g/mol. The summed E-state index contributed by atoms with van der Waals surface area (Å²) in [5.41, 5.74) is 4.41. The van der Waals surface area contributed by atoms with E-state index in [1.807, 2.05) is 12.3 Å². The molecule has 1 aromatic carbocycles. The molecule has 96 valence electrons. The highest BCUT2D eigenvalue weighted by Gasteiger charge is 2.17. The second kappa shape index (κ2) is 4.86. The number of hydrogen-bond donors (Lipinski definition) is 1.